The van der Waals surface area contributed by atoms with Crippen LogP contribution in [0.4, 0.5) is 0 Å². The number of methoxy groups -OCH3 is 2. The number of hydrogen-bond donors (Lipinski definition) is 0. The van der Waals surface area contributed by atoms with Gasteiger partial charge in [0.1, 0.15) is 6.61 Å². The van der Waals surface area contributed by atoms with E-state index in [0.29, 0.717) is 23.7 Å². The van der Waals surface area contributed by atoms with Crippen LogP contribution in [0.5, 0.6) is 11.5 Å². The summed E-state index contributed by atoms with van der Waals surface area (Å²) < 4.78 is 15.8. The molecular formula is C13H18O4. The summed E-state index contributed by atoms with van der Waals surface area (Å²) in [6.45, 7) is 3.87. The van der Waals surface area contributed by atoms with E-state index in [1.165, 1.54) is 6.92 Å². The van der Waals surface area contributed by atoms with E-state index in [0.717, 1.165) is 0 Å². The summed E-state index contributed by atoms with van der Waals surface area (Å²) >= 11 is 0. The summed E-state index contributed by atoms with van der Waals surface area (Å²) in [5.74, 6) is 1.17. The number of carbonyl (C=O) groups is 1. The van der Waals surface area contributed by atoms with Crippen LogP contribution in [-0.2, 0) is 4.74 Å². The number of Topliss-reactive ketones (excluding diaryl/α,β-unsaturated/α-hetero) is 1. The fraction of sp³-hybridized carbons (Fsp3) is 0.462. The van der Waals surface area contributed by atoms with Gasteiger partial charge in [0.25, 0.3) is 0 Å². The van der Waals surface area contributed by atoms with Gasteiger partial charge in [0.15, 0.2) is 17.3 Å². The van der Waals surface area contributed by atoms with Gasteiger partial charge in [-0.2, -0.15) is 0 Å². The van der Waals surface area contributed by atoms with Gasteiger partial charge in [-0.05, 0) is 32.0 Å². The number of benzene rings is 1. The third-order valence-electron chi connectivity index (χ3n) is 2.45. The molecule has 1 aromatic carbocycles. The second kappa shape index (κ2) is 6.25. The molecule has 0 aliphatic heterocycles. The topological polar surface area (TPSA) is 44.8 Å². The molecule has 0 fully saturated rings. The van der Waals surface area contributed by atoms with E-state index in [2.05, 4.69) is 0 Å². The minimum Gasteiger partial charge on any atom is -0.493 e. The molecule has 0 radical (unpaired) electrons. The molecule has 17 heavy (non-hydrogen) atoms. The number of hydrogen-bond acceptors (Lipinski definition) is 4. The van der Waals surface area contributed by atoms with E-state index in [-0.39, 0.29) is 11.9 Å². The fourth-order valence-corrected chi connectivity index (χ4v) is 1.28. The van der Waals surface area contributed by atoms with Crippen molar-refractivity contribution < 1.29 is 19.0 Å². The maximum Gasteiger partial charge on any atom is 0.161 e. The zero-order chi connectivity index (χ0) is 12.8. The molecule has 0 amide bonds. The molecule has 1 rings (SSSR count). The predicted octanol–water partition coefficient (Wildman–Crippen LogP) is 2.31. The van der Waals surface area contributed by atoms with Crippen molar-refractivity contribution in [1.29, 1.82) is 0 Å². The van der Waals surface area contributed by atoms with Gasteiger partial charge in [-0.15, -0.1) is 0 Å². The summed E-state index contributed by atoms with van der Waals surface area (Å²) in [6, 6.07) is 5.13. The molecule has 0 aromatic heterocycles. The van der Waals surface area contributed by atoms with Crippen LogP contribution in [0.2, 0.25) is 0 Å². The summed E-state index contributed by atoms with van der Waals surface area (Å²) in [7, 11) is 3.18. The third kappa shape index (κ3) is 3.75. The van der Waals surface area contributed by atoms with E-state index in [1.54, 1.807) is 32.4 Å². The fourth-order valence-electron chi connectivity index (χ4n) is 1.28. The van der Waals surface area contributed by atoms with E-state index < -0.39 is 0 Å². The molecule has 4 nitrogen and oxygen atoms in total. The predicted molar refractivity (Wildman–Crippen MR) is 65.0 cm³/mol. The number of carbonyl (C=O) groups excluding carboxylic acids is 1. The molecule has 0 saturated carbocycles. The average molecular weight is 238 g/mol. The van der Waals surface area contributed by atoms with Crippen molar-refractivity contribution in [2.24, 2.45) is 0 Å². The van der Waals surface area contributed by atoms with Gasteiger partial charge < -0.3 is 14.2 Å². The van der Waals surface area contributed by atoms with Crippen molar-refractivity contribution in [1.82, 2.24) is 0 Å². The van der Waals surface area contributed by atoms with Crippen LogP contribution in [0.1, 0.15) is 24.2 Å². The Hall–Kier alpha value is -1.55. The zero-order valence-corrected chi connectivity index (χ0v) is 10.6. The van der Waals surface area contributed by atoms with Gasteiger partial charge in [-0.1, -0.05) is 0 Å². The van der Waals surface area contributed by atoms with Gasteiger partial charge in [0.2, 0.25) is 0 Å². The second-order valence-corrected chi connectivity index (χ2v) is 3.78. The Morgan fingerprint density at radius 1 is 1.29 bits per heavy atom. The molecular weight excluding hydrogens is 220 g/mol. The van der Waals surface area contributed by atoms with Crippen LogP contribution in [-0.4, -0.2) is 32.7 Å². The molecule has 0 spiro atoms. The molecule has 4 heteroatoms. The van der Waals surface area contributed by atoms with Crippen LogP contribution in [0.25, 0.3) is 0 Å². The smallest absolute Gasteiger partial charge is 0.161 e. The monoisotopic (exact) mass is 238 g/mol. The average Bonchev–Trinajstić information content (AvgIpc) is 2.35. The first-order valence-corrected chi connectivity index (χ1v) is 5.43. The normalized spacial score (nSPS) is 12.0. The van der Waals surface area contributed by atoms with Gasteiger partial charge in [0.05, 0.1) is 13.2 Å². The Bertz CT molecular complexity index is 387. The van der Waals surface area contributed by atoms with Crippen LogP contribution < -0.4 is 9.47 Å². The largest absolute Gasteiger partial charge is 0.493 e. The summed E-state index contributed by atoms with van der Waals surface area (Å²) in [6.07, 6.45) is 0.00666. The minimum absolute atomic E-state index is 0.000101. The van der Waals surface area contributed by atoms with E-state index in [1.807, 2.05) is 6.92 Å². The number of ether oxygens (including phenoxy) is 3. The molecule has 94 valence electrons. The summed E-state index contributed by atoms with van der Waals surface area (Å²) in [4.78, 5) is 11.2. The maximum atomic E-state index is 11.2. The Labute approximate surface area is 101 Å². The molecule has 0 aliphatic rings. The zero-order valence-electron chi connectivity index (χ0n) is 10.6. The molecule has 0 saturated heterocycles. The molecule has 0 aliphatic carbocycles. The number of ketones is 1. The Morgan fingerprint density at radius 2 is 2.00 bits per heavy atom. The van der Waals surface area contributed by atoms with Gasteiger partial charge in [-0.3, -0.25) is 4.79 Å². The van der Waals surface area contributed by atoms with Crippen LogP contribution in [0.15, 0.2) is 18.2 Å². The quantitative estimate of drug-likeness (QED) is 0.713. The van der Waals surface area contributed by atoms with Crippen LogP contribution >= 0.6 is 0 Å². The first-order valence-electron chi connectivity index (χ1n) is 5.43. The minimum atomic E-state index is 0.000101. The van der Waals surface area contributed by atoms with Crippen molar-refractivity contribution in [3.8, 4) is 11.5 Å². The lowest BCUT2D eigenvalue weighted by molar-refractivity contribution is 0.0706. The van der Waals surface area contributed by atoms with Gasteiger partial charge in [0, 0.05) is 12.7 Å². The van der Waals surface area contributed by atoms with Gasteiger partial charge >= 0.3 is 0 Å². The lowest BCUT2D eigenvalue weighted by atomic mass is 10.1. The van der Waals surface area contributed by atoms with Crippen molar-refractivity contribution in [2.75, 3.05) is 20.8 Å². The highest BCUT2D eigenvalue weighted by atomic mass is 16.5. The van der Waals surface area contributed by atoms with Crippen molar-refractivity contribution in [3.63, 3.8) is 0 Å². The molecule has 1 aromatic rings. The Morgan fingerprint density at radius 3 is 2.53 bits per heavy atom. The summed E-state index contributed by atoms with van der Waals surface area (Å²) in [5.41, 5.74) is 0.606. The van der Waals surface area contributed by atoms with E-state index in [9.17, 15) is 4.79 Å². The number of rotatable bonds is 6. The second-order valence-electron chi connectivity index (χ2n) is 3.78. The lowest BCUT2D eigenvalue weighted by Crippen LogP contribution is -2.16. The van der Waals surface area contributed by atoms with Gasteiger partial charge in [-0.25, -0.2) is 0 Å². The van der Waals surface area contributed by atoms with Crippen molar-refractivity contribution in [3.05, 3.63) is 23.8 Å². The van der Waals surface area contributed by atoms with Crippen molar-refractivity contribution in [2.45, 2.75) is 20.0 Å². The molecule has 1 unspecified atom stereocenters. The SMILES string of the molecule is COc1cc(C(C)=O)ccc1OCC(C)OC. The molecule has 0 N–H and O–H groups in total. The maximum absolute atomic E-state index is 11.2. The first-order chi connectivity index (χ1) is 8.08. The lowest BCUT2D eigenvalue weighted by Gasteiger charge is -2.14. The van der Waals surface area contributed by atoms with Crippen LogP contribution in [0, 0.1) is 0 Å². The van der Waals surface area contributed by atoms with E-state index >= 15 is 0 Å². The molecule has 0 heterocycles. The molecule has 1 atom stereocenters. The highest BCUT2D eigenvalue weighted by Crippen LogP contribution is 2.28. The standard InChI is InChI=1S/C13H18O4/c1-9(15-3)8-17-12-6-5-11(10(2)14)7-13(12)16-4/h5-7,9H,8H2,1-4H3. The Kier molecular flexibility index (Phi) is 4.97. The Balaban J connectivity index is 2.82. The molecule has 0 bridgehead atoms. The highest BCUT2D eigenvalue weighted by molar-refractivity contribution is 5.94. The highest BCUT2D eigenvalue weighted by Gasteiger charge is 2.09. The summed E-state index contributed by atoms with van der Waals surface area (Å²) in [5, 5.41) is 0. The van der Waals surface area contributed by atoms with E-state index in [4.69, 9.17) is 14.2 Å². The third-order valence-corrected chi connectivity index (χ3v) is 2.45. The van der Waals surface area contributed by atoms with Crippen LogP contribution in [0.3, 0.4) is 0 Å². The van der Waals surface area contributed by atoms with Crippen molar-refractivity contribution >= 4 is 5.78 Å². The first kappa shape index (κ1) is 13.5.